The zero-order chi connectivity index (χ0) is 14.1. The number of para-hydroxylation sites is 1. The van der Waals surface area contributed by atoms with Crippen molar-refractivity contribution in [1.29, 1.82) is 0 Å². The van der Waals surface area contributed by atoms with Crippen molar-refractivity contribution < 1.29 is 9.50 Å². The molecule has 1 N–H and O–H groups in total. The van der Waals surface area contributed by atoms with Gasteiger partial charge in [0, 0.05) is 6.42 Å². The summed E-state index contributed by atoms with van der Waals surface area (Å²) in [7, 11) is 0. The van der Waals surface area contributed by atoms with Gasteiger partial charge in [0.05, 0.1) is 26.4 Å². The molecule has 0 fully saturated rings. The summed E-state index contributed by atoms with van der Waals surface area (Å²) in [6, 6.07) is 12.2. The molecule has 0 radical (unpaired) electrons. The van der Waals surface area contributed by atoms with Crippen LogP contribution < -0.4 is 0 Å². The van der Waals surface area contributed by atoms with Crippen LogP contribution in [-0.4, -0.2) is 10.1 Å². The van der Waals surface area contributed by atoms with E-state index in [-0.39, 0.29) is 5.02 Å². The number of rotatable bonds is 3. The highest BCUT2D eigenvalue weighted by Gasteiger charge is 2.13. The highest BCUT2D eigenvalue weighted by molar-refractivity contribution is 7.18. The second-order valence-electron chi connectivity index (χ2n) is 4.47. The second kappa shape index (κ2) is 5.48. The Morgan fingerprint density at radius 3 is 2.80 bits per heavy atom. The Balaban J connectivity index is 1.84. The first-order chi connectivity index (χ1) is 9.63. The van der Waals surface area contributed by atoms with Gasteiger partial charge in [-0.05, 0) is 29.8 Å². The predicted octanol–water partition coefficient (Wildman–Crippen LogP) is 4.36. The SMILES string of the molecule is OC(Cc1nc2ccccc2s1)c1ccc(Cl)c(F)c1. The number of hydrogen-bond acceptors (Lipinski definition) is 3. The lowest BCUT2D eigenvalue weighted by atomic mass is 10.1. The predicted molar refractivity (Wildman–Crippen MR) is 79.7 cm³/mol. The Bertz CT molecular complexity index is 725. The van der Waals surface area contributed by atoms with Crippen molar-refractivity contribution in [1.82, 2.24) is 4.98 Å². The van der Waals surface area contributed by atoms with E-state index in [1.54, 1.807) is 6.07 Å². The van der Waals surface area contributed by atoms with Crippen LogP contribution in [0.5, 0.6) is 0 Å². The number of aliphatic hydroxyl groups is 1. The molecule has 0 aliphatic carbocycles. The van der Waals surface area contributed by atoms with Crippen LogP contribution in [0.15, 0.2) is 42.5 Å². The number of thiazole rings is 1. The van der Waals surface area contributed by atoms with E-state index in [1.807, 2.05) is 24.3 Å². The van der Waals surface area contributed by atoms with Crippen molar-refractivity contribution in [2.75, 3.05) is 0 Å². The lowest BCUT2D eigenvalue weighted by molar-refractivity contribution is 0.178. The third-order valence-electron chi connectivity index (χ3n) is 3.03. The summed E-state index contributed by atoms with van der Waals surface area (Å²) in [5.41, 5.74) is 1.42. The second-order valence-corrected chi connectivity index (χ2v) is 5.99. The number of aliphatic hydroxyl groups excluding tert-OH is 1. The maximum atomic E-state index is 13.4. The maximum absolute atomic E-state index is 13.4. The zero-order valence-corrected chi connectivity index (χ0v) is 12.0. The Kier molecular flexibility index (Phi) is 3.70. The van der Waals surface area contributed by atoms with Crippen LogP contribution in [0.25, 0.3) is 10.2 Å². The van der Waals surface area contributed by atoms with E-state index in [0.29, 0.717) is 12.0 Å². The van der Waals surface area contributed by atoms with Gasteiger partial charge >= 0.3 is 0 Å². The minimum absolute atomic E-state index is 0.0564. The molecule has 0 aliphatic rings. The molecule has 2 aromatic carbocycles. The Hall–Kier alpha value is -1.49. The summed E-state index contributed by atoms with van der Waals surface area (Å²) in [5.74, 6) is -0.521. The number of fused-ring (bicyclic) bond motifs is 1. The standard InChI is InChI=1S/C15H11ClFNOS/c16-10-6-5-9(7-11(10)17)13(19)8-15-18-12-3-1-2-4-14(12)20-15/h1-7,13,19H,8H2. The Morgan fingerprint density at radius 2 is 2.05 bits per heavy atom. The molecule has 0 aliphatic heterocycles. The molecule has 1 unspecified atom stereocenters. The van der Waals surface area contributed by atoms with Gasteiger partial charge in [0.15, 0.2) is 0 Å². The van der Waals surface area contributed by atoms with E-state index < -0.39 is 11.9 Å². The minimum atomic E-state index is -0.790. The first-order valence-electron chi connectivity index (χ1n) is 6.11. The van der Waals surface area contributed by atoms with Crippen molar-refractivity contribution in [2.24, 2.45) is 0 Å². The molecule has 20 heavy (non-hydrogen) atoms. The average Bonchev–Trinajstić information content (AvgIpc) is 2.83. The maximum Gasteiger partial charge on any atom is 0.142 e. The van der Waals surface area contributed by atoms with Crippen molar-refractivity contribution in [3.63, 3.8) is 0 Å². The highest BCUT2D eigenvalue weighted by atomic mass is 35.5. The molecule has 0 bridgehead atoms. The molecule has 2 nitrogen and oxygen atoms in total. The van der Waals surface area contributed by atoms with E-state index in [2.05, 4.69) is 4.98 Å². The van der Waals surface area contributed by atoms with E-state index in [4.69, 9.17) is 11.6 Å². The van der Waals surface area contributed by atoms with Crippen molar-refractivity contribution in [3.8, 4) is 0 Å². The monoisotopic (exact) mass is 307 g/mol. The van der Waals surface area contributed by atoms with Gasteiger partial charge in [0.2, 0.25) is 0 Å². The topological polar surface area (TPSA) is 33.1 Å². The first kappa shape index (κ1) is 13.5. The summed E-state index contributed by atoms with van der Waals surface area (Å²) in [6.45, 7) is 0. The minimum Gasteiger partial charge on any atom is -0.388 e. The molecular weight excluding hydrogens is 297 g/mol. The average molecular weight is 308 g/mol. The molecule has 0 spiro atoms. The number of aromatic nitrogens is 1. The summed E-state index contributed by atoms with van der Waals surface area (Å²) in [4.78, 5) is 4.46. The van der Waals surface area contributed by atoms with Gasteiger partial charge < -0.3 is 5.11 Å². The molecule has 3 aromatic rings. The third kappa shape index (κ3) is 2.68. The fourth-order valence-electron chi connectivity index (χ4n) is 2.01. The fourth-order valence-corrected chi connectivity index (χ4v) is 3.13. The third-order valence-corrected chi connectivity index (χ3v) is 4.40. The van der Waals surface area contributed by atoms with Gasteiger partial charge in [0.25, 0.3) is 0 Å². The molecular formula is C15H11ClFNOS. The lowest BCUT2D eigenvalue weighted by Crippen LogP contribution is -2.02. The first-order valence-corrected chi connectivity index (χ1v) is 7.30. The highest BCUT2D eigenvalue weighted by Crippen LogP contribution is 2.27. The van der Waals surface area contributed by atoms with Crippen LogP contribution in [0.1, 0.15) is 16.7 Å². The van der Waals surface area contributed by atoms with Crippen LogP contribution in [-0.2, 0) is 6.42 Å². The van der Waals surface area contributed by atoms with Crippen molar-refractivity contribution >= 4 is 33.2 Å². The van der Waals surface area contributed by atoms with Gasteiger partial charge in [-0.1, -0.05) is 29.8 Å². The van der Waals surface area contributed by atoms with Crippen LogP contribution >= 0.6 is 22.9 Å². The quantitative estimate of drug-likeness (QED) is 0.779. The molecule has 1 atom stereocenters. The normalized spacial score (nSPS) is 12.8. The van der Waals surface area contributed by atoms with E-state index in [0.717, 1.165) is 15.2 Å². The number of benzene rings is 2. The molecule has 0 amide bonds. The molecule has 0 saturated heterocycles. The van der Waals surface area contributed by atoms with Gasteiger partial charge in [-0.2, -0.15) is 0 Å². The summed E-state index contributed by atoms with van der Waals surface area (Å²) < 4.78 is 14.5. The number of nitrogens with zero attached hydrogens (tertiary/aromatic N) is 1. The largest absolute Gasteiger partial charge is 0.388 e. The smallest absolute Gasteiger partial charge is 0.142 e. The molecule has 3 rings (SSSR count). The van der Waals surface area contributed by atoms with Crippen LogP contribution in [0, 0.1) is 5.82 Å². The zero-order valence-electron chi connectivity index (χ0n) is 10.4. The fraction of sp³-hybridized carbons (Fsp3) is 0.133. The van der Waals surface area contributed by atoms with Gasteiger partial charge in [-0.25, -0.2) is 9.37 Å². The van der Waals surface area contributed by atoms with Gasteiger partial charge in [0.1, 0.15) is 5.82 Å². The number of halogens is 2. The van der Waals surface area contributed by atoms with Crippen LogP contribution in [0.2, 0.25) is 5.02 Å². The number of hydrogen-bond donors (Lipinski definition) is 1. The van der Waals surface area contributed by atoms with Crippen molar-refractivity contribution in [3.05, 3.63) is 63.9 Å². The van der Waals surface area contributed by atoms with E-state index >= 15 is 0 Å². The van der Waals surface area contributed by atoms with Gasteiger partial charge in [-0.3, -0.25) is 0 Å². The molecule has 102 valence electrons. The van der Waals surface area contributed by atoms with E-state index in [1.165, 1.54) is 23.5 Å². The van der Waals surface area contributed by atoms with E-state index in [9.17, 15) is 9.50 Å². The molecule has 5 heteroatoms. The lowest BCUT2D eigenvalue weighted by Gasteiger charge is -2.09. The summed E-state index contributed by atoms with van der Waals surface area (Å²) in [6.07, 6.45) is -0.428. The Labute approximate surface area is 124 Å². The molecule has 1 heterocycles. The summed E-state index contributed by atoms with van der Waals surface area (Å²) >= 11 is 7.17. The van der Waals surface area contributed by atoms with Gasteiger partial charge in [-0.15, -0.1) is 11.3 Å². The molecule has 1 aromatic heterocycles. The van der Waals surface area contributed by atoms with Crippen LogP contribution in [0.4, 0.5) is 4.39 Å². The van der Waals surface area contributed by atoms with Crippen LogP contribution in [0.3, 0.4) is 0 Å². The molecule has 0 saturated carbocycles. The van der Waals surface area contributed by atoms with Crippen molar-refractivity contribution in [2.45, 2.75) is 12.5 Å². The summed E-state index contributed by atoms with van der Waals surface area (Å²) in [5, 5.41) is 11.1. The Morgan fingerprint density at radius 1 is 1.25 bits per heavy atom.